The number of nitrogens with one attached hydrogen (secondary N) is 1. The van der Waals surface area contributed by atoms with Crippen LogP contribution in [0.25, 0.3) is 0 Å². The minimum atomic E-state index is -4.33. The summed E-state index contributed by atoms with van der Waals surface area (Å²) in [6, 6.07) is 4.77. The van der Waals surface area contributed by atoms with Crippen LogP contribution in [0.2, 0.25) is 0 Å². The van der Waals surface area contributed by atoms with Crippen LogP contribution in [-0.2, 0) is 12.7 Å². The first-order valence-corrected chi connectivity index (χ1v) is 8.33. The molecule has 120 valence electrons. The maximum Gasteiger partial charge on any atom is 0.416 e. The van der Waals surface area contributed by atoms with Gasteiger partial charge in [-0.15, -0.1) is 0 Å². The van der Waals surface area contributed by atoms with Crippen molar-refractivity contribution in [2.45, 2.75) is 32.6 Å². The molecule has 6 heteroatoms. The van der Waals surface area contributed by atoms with Gasteiger partial charge >= 0.3 is 6.18 Å². The molecular weight excluding hydrogens is 297 g/mol. The molecule has 1 aromatic rings. The second-order valence-electron chi connectivity index (χ2n) is 5.03. The van der Waals surface area contributed by atoms with E-state index >= 15 is 0 Å². The van der Waals surface area contributed by atoms with Crippen molar-refractivity contribution in [3.63, 3.8) is 0 Å². The summed E-state index contributed by atoms with van der Waals surface area (Å²) in [5, 5.41) is 2.95. The third-order valence-corrected chi connectivity index (χ3v) is 4.26. The average Bonchev–Trinajstić information content (AvgIpc) is 2.43. The predicted octanol–water partition coefficient (Wildman–Crippen LogP) is 4.00. The Labute approximate surface area is 129 Å². The Morgan fingerprint density at radius 2 is 2.00 bits per heavy atom. The second-order valence-corrected chi connectivity index (χ2v) is 5.95. The molecule has 1 aromatic carbocycles. The lowest BCUT2D eigenvalue weighted by atomic mass is 10.0. The number of alkyl halides is 3. The molecular formula is C15H23F3N2S. The number of hydrogen-bond acceptors (Lipinski definition) is 3. The highest BCUT2D eigenvalue weighted by Crippen LogP contribution is 2.35. The van der Waals surface area contributed by atoms with Crippen molar-refractivity contribution < 1.29 is 13.2 Å². The number of halogens is 3. The van der Waals surface area contributed by atoms with E-state index < -0.39 is 11.7 Å². The molecule has 0 aliphatic rings. The Hall–Kier alpha value is -0.880. The zero-order valence-corrected chi connectivity index (χ0v) is 13.7. The van der Waals surface area contributed by atoms with Gasteiger partial charge in [0, 0.05) is 31.1 Å². The van der Waals surface area contributed by atoms with Crippen molar-refractivity contribution in [1.29, 1.82) is 0 Å². The maximum absolute atomic E-state index is 13.2. The van der Waals surface area contributed by atoms with Crippen molar-refractivity contribution in [3.8, 4) is 0 Å². The predicted molar refractivity (Wildman–Crippen MR) is 85.1 cm³/mol. The smallest absolute Gasteiger partial charge is 0.371 e. The van der Waals surface area contributed by atoms with E-state index in [0.29, 0.717) is 17.8 Å². The summed E-state index contributed by atoms with van der Waals surface area (Å²) in [5.74, 6) is 0.872. The van der Waals surface area contributed by atoms with Gasteiger partial charge in [-0.25, -0.2) is 0 Å². The largest absolute Gasteiger partial charge is 0.416 e. The lowest BCUT2D eigenvalue weighted by Crippen LogP contribution is -2.31. The standard InChI is InChI=1S/C15H23F3N2S/c1-5-19-9-12-6-7-13(8-14(12)15(16,17)18)20(3)11(2)10-21-4/h6-8,11,19H,5,9-10H2,1-4H3. The topological polar surface area (TPSA) is 15.3 Å². The lowest BCUT2D eigenvalue weighted by Gasteiger charge is -2.28. The molecule has 0 aliphatic heterocycles. The molecule has 0 saturated carbocycles. The number of benzene rings is 1. The van der Waals surface area contributed by atoms with E-state index in [9.17, 15) is 13.2 Å². The first-order valence-electron chi connectivity index (χ1n) is 6.93. The van der Waals surface area contributed by atoms with Gasteiger partial charge in [0.25, 0.3) is 0 Å². The Balaban J connectivity index is 3.09. The Morgan fingerprint density at radius 1 is 1.33 bits per heavy atom. The van der Waals surface area contributed by atoms with Crippen molar-refractivity contribution >= 4 is 17.4 Å². The van der Waals surface area contributed by atoms with Gasteiger partial charge in [0.1, 0.15) is 0 Å². The first-order chi connectivity index (χ1) is 9.81. The summed E-state index contributed by atoms with van der Waals surface area (Å²) in [4.78, 5) is 1.89. The number of anilines is 1. The highest BCUT2D eigenvalue weighted by atomic mass is 32.2. The summed E-state index contributed by atoms with van der Waals surface area (Å²) in [6.45, 7) is 4.76. The van der Waals surface area contributed by atoms with Gasteiger partial charge < -0.3 is 10.2 Å². The Bertz CT molecular complexity index is 449. The van der Waals surface area contributed by atoms with E-state index in [2.05, 4.69) is 5.32 Å². The van der Waals surface area contributed by atoms with Crippen molar-refractivity contribution in [1.82, 2.24) is 5.32 Å². The molecule has 0 spiro atoms. The number of hydrogen-bond donors (Lipinski definition) is 1. The molecule has 0 saturated heterocycles. The highest BCUT2D eigenvalue weighted by molar-refractivity contribution is 7.98. The molecule has 0 aliphatic carbocycles. The van der Waals surface area contributed by atoms with Crippen LogP contribution in [0, 0.1) is 0 Å². The summed E-state index contributed by atoms with van der Waals surface area (Å²) in [7, 11) is 1.83. The Morgan fingerprint density at radius 3 is 2.52 bits per heavy atom. The van der Waals surface area contributed by atoms with E-state index in [4.69, 9.17) is 0 Å². The maximum atomic E-state index is 13.2. The van der Waals surface area contributed by atoms with Crippen LogP contribution in [0.3, 0.4) is 0 Å². The zero-order valence-electron chi connectivity index (χ0n) is 12.9. The van der Waals surface area contributed by atoms with Crippen LogP contribution in [0.15, 0.2) is 18.2 Å². The van der Waals surface area contributed by atoms with Gasteiger partial charge in [-0.05, 0) is 37.4 Å². The van der Waals surface area contributed by atoms with Gasteiger partial charge in [-0.3, -0.25) is 0 Å². The molecule has 0 fully saturated rings. The fraction of sp³-hybridized carbons (Fsp3) is 0.600. The van der Waals surface area contributed by atoms with Gasteiger partial charge in [-0.1, -0.05) is 13.0 Å². The van der Waals surface area contributed by atoms with Crippen LogP contribution in [0.5, 0.6) is 0 Å². The molecule has 0 heterocycles. The van der Waals surface area contributed by atoms with Crippen molar-refractivity contribution in [2.24, 2.45) is 0 Å². The highest BCUT2D eigenvalue weighted by Gasteiger charge is 2.33. The lowest BCUT2D eigenvalue weighted by molar-refractivity contribution is -0.138. The van der Waals surface area contributed by atoms with Crippen molar-refractivity contribution in [2.75, 3.05) is 30.5 Å². The van der Waals surface area contributed by atoms with E-state index in [1.165, 1.54) is 6.07 Å². The summed E-state index contributed by atoms with van der Waals surface area (Å²) in [6.07, 6.45) is -2.34. The fourth-order valence-electron chi connectivity index (χ4n) is 2.07. The van der Waals surface area contributed by atoms with Crippen LogP contribution >= 0.6 is 11.8 Å². The van der Waals surface area contributed by atoms with Crippen LogP contribution in [0.4, 0.5) is 18.9 Å². The van der Waals surface area contributed by atoms with E-state index in [0.717, 1.165) is 5.75 Å². The number of rotatable bonds is 7. The molecule has 0 aromatic heterocycles. The molecule has 1 unspecified atom stereocenters. The van der Waals surface area contributed by atoms with E-state index in [-0.39, 0.29) is 12.6 Å². The van der Waals surface area contributed by atoms with Gasteiger partial charge in [-0.2, -0.15) is 24.9 Å². The SMILES string of the molecule is CCNCc1ccc(N(C)C(C)CSC)cc1C(F)(F)F. The fourth-order valence-corrected chi connectivity index (χ4v) is 2.78. The zero-order chi connectivity index (χ0) is 16.0. The monoisotopic (exact) mass is 320 g/mol. The first kappa shape index (κ1) is 18.2. The third kappa shape index (κ3) is 5.11. The molecule has 1 N–H and O–H groups in total. The number of nitrogens with zero attached hydrogens (tertiary/aromatic N) is 1. The second kappa shape index (κ2) is 7.94. The summed E-state index contributed by atoms with van der Waals surface area (Å²) in [5.41, 5.74) is 0.340. The molecule has 1 atom stereocenters. The molecule has 21 heavy (non-hydrogen) atoms. The summed E-state index contributed by atoms with van der Waals surface area (Å²) < 4.78 is 39.7. The molecule has 0 amide bonds. The van der Waals surface area contributed by atoms with Crippen LogP contribution in [-0.4, -0.2) is 31.6 Å². The quantitative estimate of drug-likeness (QED) is 0.817. The van der Waals surface area contributed by atoms with E-state index in [1.807, 2.05) is 32.1 Å². The van der Waals surface area contributed by atoms with Gasteiger partial charge in [0.2, 0.25) is 0 Å². The average molecular weight is 320 g/mol. The van der Waals surface area contributed by atoms with Crippen LogP contribution < -0.4 is 10.2 Å². The van der Waals surface area contributed by atoms with Gasteiger partial charge in [0.15, 0.2) is 0 Å². The molecule has 0 bridgehead atoms. The minimum absolute atomic E-state index is 0.181. The normalized spacial score (nSPS) is 13.3. The van der Waals surface area contributed by atoms with Crippen LogP contribution in [0.1, 0.15) is 25.0 Å². The minimum Gasteiger partial charge on any atom is -0.371 e. The number of thioether (sulfide) groups is 1. The van der Waals surface area contributed by atoms with Gasteiger partial charge in [0.05, 0.1) is 5.56 Å². The molecule has 0 radical (unpaired) electrons. The van der Waals surface area contributed by atoms with E-state index in [1.54, 1.807) is 23.9 Å². The summed E-state index contributed by atoms with van der Waals surface area (Å²) >= 11 is 1.68. The third-order valence-electron chi connectivity index (χ3n) is 3.44. The molecule has 1 rings (SSSR count). The Kier molecular flexibility index (Phi) is 6.87. The molecule has 2 nitrogen and oxygen atoms in total. The van der Waals surface area contributed by atoms with Crippen molar-refractivity contribution in [3.05, 3.63) is 29.3 Å².